The van der Waals surface area contributed by atoms with Crippen LogP contribution < -0.4 is 5.32 Å². The highest BCUT2D eigenvalue weighted by atomic mass is 16.6. The standard InChI is InChI=1S/C16H17NO5/c1-2-21-15(18)8-5-12-3-6-13(7-4-12)17-16(19)14-11-20-9-10-22-14/h3-8,11H,2,9-10H2,1H3,(H,17,19)/b8-5+. The molecule has 0 aliphatic carbocycles. The van der Waals surface area contributed by atoms with Gasteiger partial charge >= 0.3 is 5.97 Å². The number of benzene rings is 1. The van der Waals surface area contributed by atoms with Crippen molar-refractivity contribution in [3.63, 3.8) is 0 Å². The van der Waals surface area contributed by atoms with Crippen LogP contribution in [-0.2, 0) is 23.8 Å². The Labute approximate surface area is 128 Å². The average molecular weight is 303 g/mol. The number of nitrogens with one attached hydrogen (secondary N) is 1. The molecule has 0 unspecified atom stereocenters. The third-order valence-corrected chi connectivity index (χ3v) is 2.74. The average Bonchev–Trinajstić information content (AvgIpc) is 2.55. The molecule has 1 aromatic carbocycles. The lowest BCUT2D eigenvalue weighted by atomic mass is 10.2. The number of hydrogen-bond acceptors (Lipinski definition) is 5. The monoisotopic (exact) mass is 303 g/mol. The number of carbonyl (C=O) groups excluding carboxylic acids is 2. The number of ether oxygens (including phenoxy) is 3. The molecule has 0 saturated carbocycles. The summed E-state index contributed by atoms with van der Waals surface area (Å²) in [7, 11) is 0. The van der Waals surface area contributed by atoms with Gasteiger partial charge in [-0.3, -0.25) is 4.79 Å². The molecule has 0 atom stereocenters. The largest absolute Gasteiger partial charge is 0.494 e. The molecule has 116 valence electrons. The van der Waals surface area contributed by atoms with Crippen LogP contribution >= 0.6 is 0 Å². The Morgan fingerprint density at radius 3 is 2.68 bits per heavy atom. The van der Waals surface area contributed by atoms with E-state index >= 15 is 0 Å². The van der Waals surface area contributed by atoms with E-state index in [0.29, 0.717) is 25.5 Å². The second-order valence-electron chi connectivity index (χ2n) is 4.36. The highest BCUT2D eigenvalue weighted by molar-refractivity contribution is 6.02. The van der Waals surface area contributed by atoms with E-state index < -0.39 is 0 Å². The first-order valence-electron chi connectivity index (χ1n) is 6.90. The van der Waals surface area contributed by atoms with E-state index in [1.54, 1.807) is 37.3 Å². The van der Waals surface area contributed by atoms with Crippen LogP contribution in [0.5, 0.6) is 0 Å². The summed E-state index contributed by atoms with van der Waals surface area (Å²) in [6, 6.07) is 7.01. The smallest absolute Gasteiger partial charge is 0.330 e. The van der Waals surface area contributed by atoms with Crippen molar-refractivity contribution in [3.05, 3.63) is 47.9 Å². The normalized spacial score (nSPS) is 13.8. The third-order valence-electron chi connectivity index (χ3n) is 2.74. The van der Waals surface area contributed by atoms with Crippen molar-refractivity contribution in [1.29, 1.82) is 0 Å². The van der Waals surface area contributed by atoms with Crippen molar-refractivity contribution < 1.29 is 23.8 Å². The zero-order valence-corrected chi connectivity index (χ0v) is 12.2. The summed E-state index contributed by atoms with van der Waals surface area (Å²) in [5.41, 5.74) is 1.44. The van der Waals surface area contributed by atoms with E-state index in [4.69, 9.17) is 14.2 Å². The van der Waals surface area contributed by atoms with Crippen LogP contribution in [0.2, 0.25) is 0 Å². The second-order valence-corrected chi connectivity index (χ2v) is 4.36. The van der Waals surface area contributed by atoms with Crippen LogP contribution in [0.15, 0.2) is 42.4 Å². The van der Waals surface area contributed by atoms with Gasteiger partial charge in [-0.05, 0) is 30.7 Å². The van der Waals surface area contributed by atoms with E-state index in [0.717, 1.165) is 5.56 Å². The topological polar surface area (TPSA) is 73.9 Å². The molecule has 2 rings (SSSR count). The van der Waals surface area contributed by atoms with Crippen LogP contribution in [0.4, 0.5) is 5.69 Å². The predicted molar refractivity (Wildman–Crippen MR) is 80.7 cm³/mol. The van der Waals surface area contributed by atoms with Crippen molar-refractivity contribution in [1.82, 2.24) is 0 Å². The Morgan fingerprint density at radius 2 is 2.05 bits per heavy atom. The van der Waals surface area contributed by atoms with Gasteiger partial charge in [-0.2, -0.15) is 0 Å². The lowest BCUT2D eigenvalue weighted by Gasteiger charge is -2.15. The zero-order chi connectivity index (χ0) is 15.8. The number of hydrogen-bond donors (Lipinski definition) is 1. The minimum atomic E-state index is -0.388. The van der Waals surface area contributed by atoms with Gasteiger partial charge in [0, 0.05) is 11.8 Å². The Hall–Kier alpha value is -2.76. The minimum Gasteiger partial charge on any atom is -0.494 e. The molecule has 1 aromatic rings. The molecule has 0 radical (unpaired) electrons. The van der Waals surface area contributed by atoms with Crippen molar-refractivity contribution in [2.75, 3.05) is 25.1 Å². The van der Waals surface area contributed by atoms with Gasteiger partial charge in [0.15, 0.2) is 0 Å². The summed E-state index contributed by atoms with van der Waals surface area (Å²) in [6.07, 6.45) is 4.30. The van der Waals surface area contributed by atoms with E-state index in [-0.39, 0.29) is 17.6 Å². The Morgan fingerprint density at radius 1 is 1.27 bits per heavy atom. The Bertz CT molecular complexity index is 589. The summed E-state index contributed by atoms with van der Waals surface area (Å²) >= 11 is 0. The summed E-state index contributed by atoms with van der Waals surface area (Å²) < 4.78 is 15.0. The first kappa shape index (κ1) is 15.6. The number of esters is 1. The molecule has 1 N–H and O–H groups in total. The van der Waals surface area contributed by atoms with E-state index in [2.05, 4.69) is 5.32 Å². The zero-order valence-electron chi connectivity index (χ0n) is 12.2. The number of anilines is 1. The number of carbonyl (C=O) groups is 2. The van der Waals surface area contributed by atoms with E-state index in [9.17, 15) is 9.59 Å². The van der Waals surface area contributed by atoms with Crippen LogP contribution in [0.25, 0.3) is 6.08 Å². The summed E-state index contributed by atoms with van der Waals surface area (Å²) in [5, 5.41) is 2.70. The fraction of sp³-hybridized carbons (Fsp3) is 0.250. The van der Waals surface area contributed by atoms with Gasteiger partial charge in [0.25, 0.3) is 5.91 Å². The first-order valence-corrected chi connectivity index (χ1v) is 6.90. The molecule has 6 nitrogen and oxygen atoms in total. The van der Waals surface area contributed by atoms with Gasteiger partial charge in [0.05, 0.1) is 6.61 Å². The molecule has 0 saturated heterocycles. The molecule has 0 bridgehead atoms. The summed E-state index contributed by atoms with van der Waals surface area (Å²) in [4.78, 5) is 23.1. The maximum Gasteiger partial charge on any atom is 0.330 e. The van der Waals surface area contributed by atoms with Gasteiger partial charge in [-0.1, -0.05) is 12.1 Å². The minimum absolute atomic E-state index is 0.150. The quantitative estimate of drug-likeness (QED) is 0.666. The maximum absolute atomic E-state index is 11.9. The van der Waals surface area contributed by atoms with Gasteiger partial charge < -0.3 is 19.5 Å². The molecule has 0 aromatic heterocycles. The maximum atomic E-state index is 11.9. The first-order chi connectivity index (χ1) is 10.7. The molecule has 22 heavy (non-hydrogen) atoms. The molecule has 1 amide bonds. The lowest BCUT2D eigenvalue weighted by Crippen LogP contribution is -2.21. The summed E-state index contributed by atoms with van der Waals surface area (Å²) in [6.45, 7) is 2.89. The fourth-order valence-electron chi connectivity index (χ4n) is 1.71. The van der Waals surface area contributed by atoms with Crippen molar-refractivity contribution in [3.8, 4) is 0 Å². The molecule has 0 spiro atoms. The van der Waals surface area contributed by atoms with Gasteiger partial charge in [-0.15, -0.1) is 0 Å². The van der Waals surface area contributed by atoms with Gasteiger partial charge in [0.2, 0.25) is 5.76 Å². The van der Waals surface area contributed by atoms with Crippen molar-refractivity contribution in [2.24, 2.45) is 0 Å². The van der Waals surface area contributed by atoms with Crippen LogP contribution in [-0.4, -0.2) is 31.7 Å². The molecular weight excluding hydrogens is 286 g/mol. The molecule has 0 fully saturated rings. The molecule has 1 aliphatic rings. The van der Waals surface area contributed by atoms with Crippen LogP contribution in [0.3, 0.4) is 0 Å². The second kappa shape index (κ2) is 7.87. The molecular formula is C16H17NO5. The highest BCUT2D eigenvalue weighted by Gasteiger charge is 2.14. The Balaban J connectivity index is 1.93. The third kappa shape index (κ3) is 4.66. The van der Waals surface area contributed by atoms with Gasteiger partial charge in [-0.25, -0.2) is 4.79 Å². The van der Waals surface area contributed by atoms with E-state index in [1.807, 2.05) is 0 Å². The van der Waals surface area contributed by atoms with Crippen LogP contribution in [0.1, 0.15) is 12.5 Å². The molecule has 1 aliphatic heterocycles. The number of amides is 1. The SMILES string of the molecule is CCOC(=O)/C=C/c1ccc(NC(=O)C2=COCCO2)cc1. The molecule has 6 heteroatoms. The predicted octanol–water partition coefficient (Wildman–Crippen LogP) is 2.09. The Kier molecular flexibility index (Phi) is 5.59. The fourth-order valence-corrected chi connectivity index (χ4v) is 1.71. The van der Waals surface area contributed by atoms with E-state index in [1.165, 1.54) is 12.3 Å². The van der Waals surface area contributed by atoms with Crippen molar-refractivity contribution in [2.45, 2.75) is 6.92 Å². The molecule has 1 heterocycles. The summed E-state index contributed by atoms with van der Waals surface area (Å²) in [5.74, 6) is -0.603. The van der Waals surface area contributed by atoms with Gasteiger partial charge in [0.1, 0.15) is 19.5 Å². The van der Waals surface area contributed by atoms with Crippen molar-refractivity contribution >= 4 is 23.6 Å². The lowest BCUT2D eigenvalue weighted by molar-refractivity contribution is -0.137. The van der Waals surface area contributed by atoms with Crippen LogP contribution in [0, 0.1) is 0 Å². The highest BCUT2D eigenvalue weighted by Crippen LogP contribution is 2.13. The number of rotatable bonds is 5.